The van der Waals surface area contributed by atoms with Gasteiger partial charge in [0.1, 0.15) is 5.82 Å². The monoisotopic (exact) mass is 252 g/mol. The quantitative estimate of drug-likeness (QED) is 0.603. The molecular formula is C14H21FN2O. The lowest BCUT2D eigenvalue weighted by Crippen LogP contribution is -2.33. The van der Waals surface area contributed by atoms with Crippen molar-refractivity contribution in [3.8, 4) is 0 Å². The molecule has 0 spiro atoms. The number of nitrogens with two attached hydrogens (primary N) is 1. The van der Waals surface area contributed by atoms with Gasteiger partial charge >= 0.3 is 0 Å². The summed E-state index contributed by atoms with van der Waals surface area (Å²) in [6, 6.07) is 4.35. The van der Waals surface area contributed by atoms with E-state index in [9.17, 15) is 9.18 Å². The molecule has 0 saturated carbocycles. The second kappa shape index (κ2) is 6.99. The van der Waals surface area contributed by atoms with Gasteiger partial charge in [-0.25, -0.2) is 4.39 Å². The number of unbranched alkanes of at least 4 members (excludes halogenated alkanes) is 2. The number of hydrogen-bond donors (Lipinski definition) is 2. The van der Waals surface area contributed by atoms with Crippen molar-refractivity contribution < 1.29 is 9.18 Å². The minimum atomic E-state index is -0.554. The zero-order valence-electron chi connectivity index (χ0n) is 11.0. The molecule has 0 aliphatic carbocycles. The molecule has 3 N–H and O–H groups in total. The predicted octanol–water partition coefficient (Wildman–Crippen LogP) is 3.11. The van der Waals surface area contributed by atoms with Crippen molar-refractivity contribution in [1.82, 2.24) is 5.32 Å². The zero-order chi connectivity index (χ0) is 13.5. The van der Waals surface area contributed by atoms with Crippen molar-refractivity contribution >= 4 is 11.6 Å². The van der Waals surface area contributed by atoms with E-state index in [4.69, 9.17) is 5.73 Å². The molecule has 1 rings (SSSR count). The molecule has 3 nitrogen and oxygen atoms in total. The highest BCUT2D eigenvalue weighted by Crippen LogP contribution is 2.16. The van der Waals surface area contributed by atoms with Gasteiger partial charge in [-0.15, -0.1) is 0 Å². The number of amides is 1. The van der Waals surface area contributed by atoms with E-state index in [1.807, 2.05) is 6.92 Å². The number of para-hydroxylation sites is 1. The third-order valence-corrected chi connectivity index (χ3v) is 2.92. The van der Waals surface area contributed by atoms with Crippen molar-refractivity contribution in [2.45, 2.75) is 45.6 Å². The Morgan fingerprint density at radius 1 is 1.44 bits per heavy atom. The summed E-state index contributed by atoms with van der Waals surface area (Å²) in [5, 5.41) is 2.84. The Morgan fingerprint density at radius 2 is 2.17 bits per heavy atom. The summed E-state index contributed by atoms with van der Waals surface area (Å²) in [4.78, 5) is 11.9. The molecule has 100 valence electrons. The molecular weight excluding hydrogens is 231 g/mol. The van der Waals surface area contributed by atoms with Crippen LogP contribution >= 0.6 is 0 Å². The van der Waals surface area contributed by atoms with Crippen LogP contribution in [0, 0.1) is 5.82 Å². The number of hydrogen-bond acceptors (Lipinski definition) is 2. The highest BCUT2D eigenvalue weighted by atomic mass is 19.1. The van der Waals surface area contributed by atoms with Crippen LogP contribution in [0.15, 0.2) is 18.2 Å². The molecule has 0 fully saturated rings. The minimum Gasteiger partial charge on any atom is -0.396 e. The van der Waals surface area contributed by atoms with Crippen molar-refractivity contribution in [2.75, 3.05) is 5.73 Å². The first-order chi connectivity index (χ1) is 8.56. The van der Waals surface area contributed by atoms with Crippen molar-refractivity contribution in [1.29, 1.82) is 0 Å². The summed E-state index contributed by atoms with van der Waals surface area (Å²) in [6.07, 6.45) is 4.31. The molecule has 1 unspecified atom stereocenters. The van der Waals surface area contributed by atoms with E-state index in [0.717, 1.165) is 25.7 Å². The summed E-state index contributed by atoms with van der Waals surface area (Å²) >= 11 is 0. The second-order valence-corrected chi connectivity index (χ2v) is 4.57. The maximum Gasteiger partial charge on any atom is 0.253 e. The fraction of sp³-hybridized carbons (Fsp3) is 0.500. The number of halogens is 1. The Kier molecular flexibility index (Phi) is 5.62. The Bertz CT molecular complexity index is 407. The van der Waals surface area contributed by atoms with E-state index in [-0.39, 0.29) is 23.2 Å². The molecule has 18 heavy (non-hydrogen) atoms. The lowest BCUT2D eigenvalue weighted by atomic mass is 10.1. The number of nitrogen functional groups attached to an aromatic ring is 1. The van der Waals surface area contributed by atoms with Gasteiger partial charge in [-0.3, -0.25) is 4.79 Å². The molecule has 0 heterocycles. The van der Waals surface area contributed by atoms with Gasteiger partial charge in [0.25, 0.3) is 5.91 Å². The average molecular weight is 252 g/mol. The summed E-state index contributed by atoms with van der Waals surface area (Å²) < 4.78 is 13.2. The van der Waals surface area contributed by atoms with Gasteiger partial charge in [0, 0.05) is 6.04 Å². The van der Waals surface area contributed by atoms with E-state index >= 15 is 0 Å². The number of carbonyl (C=O) groups is 1. The third-order valence-electron chi connectivity index (χ3n) is 2.92. The normalized spacial score (nSPS) is 12.2. The fourth-order valence-corrected chi connectivity index (χ4v) is 1.81. The lowest BCUT2D eigenvalue weighted by molar-refractivity contribution is 0.0938. The maximum atomic E-state index is 13.2. The molecule has 0 aliphatic heterocycles. The third kappa shape index (κ3) is 4.02. The van der Waals surface area contributed by atoms with E-state index in [1.54, 1.807) is 0 Å². The average Bonchev–Trinajstić information content (AvgIpc) is 2.32. The van der Waals surface area contributed by atoms with Crippen molar-refractivity contribution in [3.05, 3.63) is 29.6 Å². The maximum absolute atomic E-state index is 13.2. The van der Waals surface area contributed by atoms with Crippen LogP contribution < -0.4 is 11.1 Å². The number of anilines is 1. The predicted molar refractivity (Wildman–Crippen MR) is 71.9 cm³/mol. The molecule has 0 saturated heterocycles. The topological polar surface area (TPSA) is 55.1 Å². The minimum absolute atomic E-state index is 0.0757. The van der Waals surface area contributed by atoms with Gasteiger partial charge in [0.15, 0.2) is 0 Å². The lowest BCUT2D eigenvalue weighted by Gasteiger charge is -2.14. The van der Waals surface area contributed by atoms with Crippen LogP contribution in [0.4, 0.5) is 10.1 Å². The van der Waals surface area contributed by atoms with Crippen LogP contribution in [0.3, 0.4) is 0 Å². The first-order valence-corrected chi connectivity index (χ1v) is 6.41. The van der Waals surface area contributed by atoms with Gasteiger partial charge in [-0.1, -0.05) is 32.3 Å². The van der Waals surface area contributed by atoms with E-state index in [0.29, 0.717) is 0 Å². The Morgan fingerprint density at radius 3 is 2.83 bits per heavy atom. The van der Waals surface area contributed by atoms with Crippen molar-refractivity contribution in [3.63, 3.8) is 0 Å². The standard InChI is InChI=1S/C14H21FN2O/c1-3-4-5-7-10(2)17-14(18)11-8-6-9-12(15)13(11)16/h6,8-10H,3-5,7,16H2,1-2H3,(H,17,18). The summed E-state index contributed by atoms with van der Waals surface area (Å²) in [6.45, 7) is 4.08. The van der Waals surface area contributed by atoms with Gasteiger partial charge in [-0.2, -0.15) is 0 Å². The number of rotatable bonds is 6. The smallest absolute Gasteiger partial charge is 0.253 e. The Balaban J connectivity index is 2.57. The van der Waals surface area contributed by atoms with E-state index in [2.05, 4.69) is 12.2 Å². The summed E-state index contributed by atoms with van der Waals surface area (Å²) in [5.74, 6) is -0.864. The van der Waals surface area contributed by atoms with Crippen LogP contribution in [0.25, 0.3) is 0 Å². The molecule has 0 bridgehead atoms. The fourth-order valence-electron chi connectivity index (χ4n) is 1.81. The summed E-state index contributed by atoms with van der Waals surface area (Å²) in [5.41, 5.74) is 5.66. The van der Waals surface area contributed by atoms with Crippen molar-refractivity contribution in [2.24, 2.45) is 0 Å². The number of carbonyl (C=O) groups excluding carboxylic acids is 1. The zero-order valence-corrected chi connectivity index (χ0v) is 11.0. The molecule has 0 aromatic heterocycles. The summed E-state index contributed by atoms with van der Waals surface area (Å²) in [7, 11) is 0. The largest absolute Gasteiger partial charge is 0.396 e. The highest BCUT2D eigenvalue weighted by molar-refractivity contribution is 5.99. The van der Waals surface area contributed by atoms with Crippen LogP contribution in [0.5, 0.6) is 0 Å². The first-order valence-electron chi connectivity index (χ1n) is 6.41. The SMILES string of the molecule is CCCCCC(C)NC(=O)c1cccc(F)c1N. The molecule has 0 aliphatic rings. The van der Waals surface area contributed by atoms with Gasteiger partial charge in [0.2, 0.25) is 0 Å². The second-order valence-electron chi connectivity index (χ2n) is 4.57. The van der Waals surface area contributed by atoms with Crippen LogP contribution in [-0.4, -0.2) is 11.9 Å². The van der Waals surface area contributed by atoms with Crippen LogP contribution in [-0.2, 0) is 0 Å². The van der Waals surface area contributed by atoms with Gasteiger partial charge < -0.3 is 11.1 Å². The molecule has 0 radical (unpaired) electrons. The number of nitrogens with one attached hydrogen (secondary N) is 1. The van der Waals surface area contributed by atoms with E-state index in [1.165, 1.54) is 18.2 Å². The molecule has 1 amide bonds. The number of benzene rings is 1. The van der Waals surface area contributed by atoms with E-state index < -0.39 is 5.82 Å². The Labute approximate surface area is 108 Å². The first kappa shape index (κ1) is 14.5. The van der Waals surface area contributed by atoms with Gasteiger partial charge in [-0.05, 0) is 25.5 Å². The molecule has 4 heteroatoms. The van der Waals surface area contributed by atoms with Crippen LogP contribution in [0.1, 0.15) is 49.9 Å². The highest BCUT2D eigenvalue weighted by Gasteiger charge is 2.14. The molecule has 1 aromatic rings. The Hall–Kier alpha value is -1.58. The molecule has 1 aromatic carbocycles. The molecule has 1 atom stereocenters. The van der Waals surface area contributed by atoms with Crippen LogP contribution in [0.2, 0.25) is 0 Å². The van der Waals surface area contributed by atoms with Gasteiger partial charge in [0.05, 0.1) is 11.3 Å².